The summed E-state index contributed by atoms with van der Waals surface area (Å²) < 4.78 is 12.4. The Bertz CT molecular complexity index is 739. The molecule has 1 aliphatic carbocycles. The minimum absolute atomic E-state index is 0.0589. The molecule has 0 unspecified atom stereocenters. The molecule has 0 spiro atoms. The second-order valence-corrected chi connectivity index (χ2v) is 5.72. The molecule has 4 rings (SSSR count). The lowest BCUT2D eigenvalue weighted by molar-refractivity contribution is 0.246. The van der Waals surface area contributed by atoms with Crippen molar-refractivity contribution >= 4 is 0 Å². The summed E-state index contributed by atoms with van der Waals surface area (Å²) >= 11 is 0. The first-order chi connectivity index (χ1) is 10.2. The minimum atomic E-state index is 0.0589. The van der Waals surface area contributed by atoms with Gasteiger partial charge < -0.3 is 9.05 Å². The van der Waals surface area contributed by atoms with Crippen molar-refractivity contribution < 1.29 is 9.05 Å². The first-order valence-electron chi connectivity index (χ1n) is 7.01. The lowest BCUT2D eigenvalue weighted by Crippen LogP contribution is -2.31. The highest BCUT2D eigenvalue weighted by atomic mass is 16.5. The van der Waals surface area contributed by atoms with Crippen molar-refractivity contribution in [3.8, 4) is 11.6 Å². The Morgan fingerprint density at radius 3 is 2.90 bits per heavy atom. The second kappa shape index (κ2) is 4.54. The molecule has 21 heavy (non-hydrogen) atoms. The van der Waals surface area contributed by atoms with Gasteiger partial charge in [-0.15, -0.1) is 0 Å². The monoisotopic (exact) mass is 285 g/mol. The van der Waals surface area contributed by atoms with E-state index in [1.54, 1.807) is 10.9 Å². The van der Waals surface area contributed by atoms with Gasteiger partial charge in [0.05, 0.1) is 0 Å². The molecule has 7 heteroatoms. The first kappa shape index (κ1) is 12.3. The van der Waals surface area contributed by atoms with E-state index in [4.69, 9.17) is 9.05 Å². The molecule has 0 aromatic carbocycles. The van der Waals surface area contributed by atoms with Gasteiger partial charge in [-0.25, -0.2) is 0 Å². The van der Waals surface area contributed by atoms with Crippen LogP contribution in [-0.4, -0.2) is 25.1 Å². The fourth-order valence-electron chi connectivity index (χ4n) is 2.55. The molecule has 0 bridgehead atoms. The Labute approximate surface area is 120 Å². The molecule has 1 aliphatic rings. The number of rotatable bonds is 4. The van der Waals surface area contributed by atoms with E-state index in [1.165, 1.54) is 6.42 Å². The lowest BCUT2D eigenvalue weighted by atomic mass is 9.70. The van der Waals surface area contributed by atoms with Crippen LogP contribution in [0.15, 0.2) is 33.6 Å². The SMILES string of the molecule is CC1(c2noc(-c3cc(Cn4cccn4)on3)n2)CCC1. The molecule has 108 valence electrons. The number of hydrogen-bond donors (Lipinski definition) is 0. The first-order valence-corrected chi connectivity index (χ1v) is 7.01. The predicted octanol–water partition coefficient (Wildman–Crippen LogP) is 2.41. The maximum absolute atomic E-state index is 5.32. The van der Waals surface area contributed by atoms with E-state index in [1.807, 2.05) is 18.3 Å². The molecule has 3 aromatic rings. The van der Waals surface area contributed by atoms with Gasteiger partial charge in [0.25, 0.3) is 5.89 Å². The third kappa shape index (κ3) is 2.14. The van der Waals surface area contributed by atoms with E-state index in [2.05, 4.69) is 27.3 Å². The van der Waals surface area contributed by atoms with E-state index in [-0.39, 0.29) is 5.41 Å². The molecule has 0 amide bonds. The van der Waals surface area contributed by atoms with Crippen LogP contribution in [0.2, 0.25) is 0 Å². The van der Waals surface area contributed by atoms with E-state index in [0.29, 0.717) is 23.9 Å². The maximum atomic E-state index is 5.32. The summed E-state index contributed by atoms with van der Waals surface area (Å²) in [7, 11) is 0. The van der Waals surface area contributed by atoms with Crippen molar-refractivity contribution in [2.24, 2.45) is 0 Å². The van der Waals surface area contributed by atoms with Crippen LogP contribution >= 0.6 is 0 Å². The van der Waals surface area contributed by atoms with Crippen LogP contribution in [0.25, 0.3) is 11.6 Å². The highest BCUT2D eigenvalue weighted by Gasteiger charge is 2.38. The minimum Gasteiger partial charge on any atom is -0.359 e. The topological polar surface area (TPSA) is 82.8 Å². The highest BCUT2D eigenvalue weighted by Crippen LogP contribution is 2.42. The molecule has 1 fully saturated rings. The van der Waals surface area contributed by atoms with Crippen molar-refractivity contribution in [1.29, 1.82) is 0 Å². The zero-order chi connectivity index (χ0) is 14.3. The average molecular weight is 285 g/mol. The predicted molar refractivity (Wildman–Crippen MR) is 72.3 cm³/mol. The standard InChI is InChI=1S/C14H15N5O2/c1-14(4-2-5-14)13-16-12(21-18-13)11-8-10(20-17-11)9-19-7-3-6-15-19/h3,6-8H,2,4-5,9H2,1H3. The van der Waals surface area contributed by atoms with E-state index in [9.17, 15) is 0 Å². The molecule has 1 saturated carbocycles. The second-order valence-electron chi connectivity index (χ2n) is 5.72. The van der Waals surface area contributed by atoms with Gasteiger partial charge in [-0.2, -0.15) is 10.1 Å². The number of nitrogens with zero attached hydrogens (tertiary/aromatic N) is 5. The van der Waals surface area contributed by atoms with Gasteiger partial charge in [0.1, 0.15) is 6.54 Å². The molecule has 0 saturated heterocycles. The van der Waals surface area contributed by atoms with Crippen LogP contribution in [0, 0.1) is 0 Å². The van der Waals surface area contributed by atoms with E-state index in [0.717, 1.165) is 18.7 Å². The van der Waals surface area contributed by atoms with Gasteiger partial charge in [0.15, 0.2) is 17.3 Å². The smallest absolute Gasteiger partial charge is 0.280 e. The third-order valence-electron chi connectivity index (χ3n) is 4.08. The number of aromatic nitrogens is 5. The highest BCUT2D eigenvalue weighted by molar-refractivity contribution is 5.46. The Morgan fingerprint density at radius 1 is 1.29 bits per heavy atom. The summed E-state index contributed by atoms with van der Waals surface area (Å²) in [6.07, 6.45) is 7.02. The van der Waals surface area contributed by atoms with Crippen molar-refractivity contribution in [3.63, 3.8) is 0 Å². The summed E-state index contributed by atoms with van der Waals surface area (Å²) in [5.74, 6) is 1.87. The molecule has 0 aliphatic heterocycles. The van der Waals surface area contributed by atoms with Crippen LogP contribution in [0.3, 0.4) is 0 Å². The molecular weight excluding hydrogens is 270 g/mol. The van der Waals surface area contributed by atoms with Crippen LogP contribution in [-0.2, 0) is 12.0 Å². The van der Waals surface area contributed by atoms with Gasteiger partial charge in [0.2, 0.25) is 0 Å². The van der Waals surface area contributed by atoms with Gasteiger partial charge in [-0.3, -0.25) is 4.68 Å². The Hall–Kier alpha value is -2.44. The van der Waals surface area contributed by atoms with Crippen LogP contribution < -0.4 is 0 Å². The van der Waals surface area contributed by atoms with E-state index < -0.39 is 0 Å². The quantitative estimate of drug-likeness (QED) is 0.732. The Balaban J connectivity index is 1.55. The zero-order valence-electron chi connectivity index (χ0n) is 11.7. The normalized spacial score (nSPS) is 16.8. The summed E-state index contributed by atoms with van der Waals surface area (Å²) in [4.78, 5) is 4.46. The average Bonchev–Trinajstić information content (AvgIpc) is 3.17. The maximum Gasteiger partial charge on any atom is 0.280 e. The largest absolute Gasteiger partial charge is 0.359 e. The molecule has 7 nitrogen and oxygen atoms in total. The fourth-order valence-corrected chi connectivity index (χ4v) is 2.55. The van der Waals surface area contributed by atoms with Crippen molar-refractivity contribution in [2.45, 2.75) is 38.1 Å². The molecule has 0 N–H and O–H groups in total. The van der Waals surface area contributed by atoms with Crippen molar-refractivity contribution in [1.82, 2.24) is 25.1 Å². The Kier molecular flexibility index (Phi) is 2.66. The molecule has 0 atom stereocenters. The van der Waals surface area contributed by atoms with E-state index >= 15 is 0 Å². The molecule has 3 heterocycles. The Morgan fingerprint density at radius 2 is 2.19 bits per heavy atom. The summed E-state index contributed by atoms with van der Waals surface area (Å²) in [6, 6.07) is 3.67. The van der Waals surface area contributed by atoms with Gasteiger partial charge in [0, 0.05) is 23.9 Å². The van der Waals surface area contributed by atoms with Gasteiger partial charge >= 0.3 is 0 Å². The third-order valence-corrected chi connectivity index (χ3v) is 4.08. The molecule has 0 radical (unpaired) electrons. The zero-order valence-corrected chi connectivity index (χ0v) is 11.7. The summed E-state index contributed by atoms with van der Waals surface area (Å²) in [6.45, 7) is 2.69. The molecule has 3 aromatic heterocycles. The van der Waals surface area contributed by atoms with Crippen LogP contribution in [0.1, 0.15) is 37.8 Å². The van der Waals surface area contributed by atoms with Gasteiger partial charge in [-0.1, -0.05) is 23.7 Å². The van der Waals surface area contributed by atoms with Crippen molar-refractivity contribution in [2.75, 3.05) is 0 Å². The number of hydrogen-bond acceptors (Lipinski definition) is 6. The van der Waals surface area contributed by atoms with Crippen molar-refractivity contribution in [3.05, 3.63) is 36.1 Å². The van der Waals surface area contributed by atoms with Crippen LogP contribution in [0.4, 0.5) is 0 Å². The summed E-state index contributed by atoms with van der Waals surface area (Å²) in [5.41, 5.74) is 0.627. The lowest BCUT2D eigenvalue weighted by Gasteiger charge is -2.34. The fraction of sp³-hybridized carbons (Fsp3) is 0.429. The molecular formula is C14H15N5O2. The van der Waals surface area contributed by atoms with Gasteiger partial charge in [-0.05, 0) is 18.9 Å². The summed E-state index contributed by atoms with van der Waals surface area (Å²) in [5, 5.41) is 12.2. The van der Waals surface area contributed by atoms with Crippen LogP contribution in [0.5, 0.6) is 0 Å².